The van der Waals surface area contributed by atoms with Crippen molar-refractivity contribution in [2.24, 2.45) is 11.1 Å². The molecule has 1 saturated heterocycles. The smallest absolute Gasteiger partial charge is 0.0929 e. The molecule has 0 amide bonds. The Labute approximate surface area is 114 Å². The molecule has 0 saturated carbocycles. The fraction of sp³-hybridized carbons (Fsp3) is 0.786. The molecule has 3 nitrogen and oxygen atoms in total. The first-order valence-corrected chi connectivity index (χ1v) is 7.59. The summed E-state index contributed by atoms with van der Waals surface area (Å²) in [5.41, 5.74) is 7.62. The van der Waals surface area contributed by atoms with Gasteiger partial charge in [-0.25, -0.2) is 4.98 Å². The zero-order valence-corrected chi connectivity index (χ0v) is 12.5. The molecule has 1 aliphatic rings. The molecule has 2 N–H and O–H groups in total. The van der Waals surface area contributed by atoms with Gasteiger partial charge in [-0.05, 0) is 31.1 Å². The Morgan fingerprint density at radius 2 is 2.06 bits per heavy atom. The highest BCUT2D eigenvalue weighted by Gasteiger charge is 2.32. The van der Waals surface area contributed by atoms with E-state index in [9.17, 15) is 0 Å². The molecule has 1 aromatic rings. The fourth-order valence-corrected chi connectivity index (χ4v) is 3.03. The van der Waals surface area contributed by atoms with Crippen LogP contribution in [0.4, 0.5) is 0 Å². The molecule has 0 aliphatic carbocycles. The van der Waals surface area contributed by atoms with Crippen molar-refractivity contribution < 1.29 is 4.74 Å². The van der Waals surface area contributed by atoms with Crippen LogP contribution in [0.2, 0.25) is 0 Å². The second-order valence-electron chi connectivity index (χ2n) is 6.46. The number of nitrogens with zero attached hydrogens (tertiary/aromatic N) is 1. The number of rotatable bonds is 3. The van der Waals surface area contributed by atoms with Crippen LogP contribution in [0.3, 0.4) is 0 Å². The molecule has 2 heterocycles. The third kappa shape index (κ3) is 3.53. The fourth-order valence-electron chi connectivity index (χ4n) is 2.13. The van der Waals surface area contributed by atoms with E-state index in [0.717, 1.165) is 38.2 Å². The van der Waals surface area contributed by atoms with E-state index in [-0.39, 0.29) is 5.54 Å². The lowest BCUT2D eigenvalue weighted by Crippen LogP contribution is -2.42. The van der Waals surface area contributed by atoms with Gasteiger partial charge in [0, 0.05) is 18.6 Å². The number of thiazole rings is 1. The zero-order chi connectivity index (χ0) is 13.2. The summed E-state index contributed by atoms with van der Waals surface area (Å²) in [6.07, 6.45) is 3.99. The number of nitrogens with two attached hydrogens (primary N) is 1. The van der Waals surface area contributed by atoms with E-state index in [1.807, 2.05) is 0 Å². The van der Waals surface area contributed by atoms with Crippen LogP contribution in [0, 0.1) is 5.41 Å². The van der Waals surface area contributed by atoms with Gasteiger partial charge < -0.3 is 10.5 Å². The Bertz CT molecular complexity index is 389. The first-order chi connectivity index (χ1) is 8.39. The SMILES string of the molecule is CC(C)(C)CCc1nc(C2(N)CCOCC2)cs1. The van der Waals surface area contributed by atoms with Gasteiger partial charge in [-0.2, -0.15) is 0 Å². The second-order valence-corrected chi connectivity index (χ2v) is 7.40. The average Bonchev–Trinajstić information content (AvgIpc) is 2.76. The number of aryl methyl sites for hydroxylation is 1. The molecule has 1 fully saturated rings. The second kappa shape index (κ2) is 5.27. The number of hydrogen-bond donors (Lipinski definition) is 1. The van der Waals surface area contributed by atoms with Crippen LogP contribution < -0.4 is 5.73 Å². The average molecular weight is 268 g/mol. The summed E-state index contributed by atoms with van der Waals surface area (Å²) in [5, 5.41) is 3.36. The van der Waals surface area contributed by atoms with Crippen LogP contribution in [-0.2, 0) is 16.7 Å². The maximum atomic E-state index is 6.44. The van der Waals surface area contributed by atoms with Crippen molar-refractivity contribution in [2.45, 2.75) is 52.0 Å². The highest BCUT2D eigenvalue weighted by Crippen LogP contribution is 2.31. The predicted molar refractivity (Wildman–Crippen MR) is 75.8 cm³/mol. The normalized spacial score (nSPS) is 20.0. The lowest BCUT2D eigenvalue weighted by molar-refractivity contribution is 0.0509. The first-order valence-electron chi connectivity index (χ1n) is 6.71. The minimum atomic E-state index is -0.255. The summed E-state index contributed by atoms with van der Waals surface area (Å²) in [6.45, 7) is 8.32. The summed E-state index contributed by atoms with van der Waals surface area (Å²) in [7, 11) is 0. The highest BCUT2D eigenvalue weighted by molar-refractivity contribution is 7.09. The van der Waals surface area contributed by atoms with E-state index in [0.29, 0.717) is 5.41 Å². The third-order valence-electron chi connectivity index (χ3n) is 3.54. The van der Waals surface area contributed by atoms with E-state index in [1.165, 1.54) is 11.4 Å². The molecule has 0 radical (unpaired) electrons. The van der Waals surface area contributed by atoms with Crippen LogP contribution in [0.15, 0.2) is 5.38 Å². The minimum Gasteiger partial charge on any atom is -0.381 e. The molecule has 0 spiro atoms. The maximum Gasteiger partial charge on any atom is 0.0929 e. The molecular weight excluding hydrogens is 244 g/mol. The van der Waals surface area contributed by atoms with Gasteiger partial charge in [0.15, 0.2) is 0 Å². The van der Waals surface area contributed by atoms with Gasteiger partial charge in [0.2, 0.25) is 0 Å². The number of ether oxygens (including phenoxy) is 1. The lowest BCUT2D eigenvalue weighted by Gasteiger charge is -2.31. The number of aromatic nitrogens is 1. The van der Waals surface area contributed by atoms with Crippen LogP contribution in [-0.4, -0.2) is 18.2 Å². The highest BCUT2D eigenvalue weighted by atomic mass is 32.1. The molecule has 0 atom stereocenters. The van der Waals surface area contributed by atoms with Gasteiger partial charge in [0.1, 0.15) is 0 Å². The molecular formula is C14H24N2OS. The van der Waals surface area contributed by atoms with Gasteiger partial charge in [0.05, 0.1) is 16.2 Å². The topological polar surface area (TPSA) is 48.1 Å². The summed E-state index contributed by atoms with van der Waals surface area (Å²) in [6, 6.07) is 0. The van der Waals surface area contributed by atoms with Crippen molar-refractivity contribution >= 4 is 11.3 Å². The molecule has 1 aliphatic heterocycles. The van der Waals surface area contributed by atoms with Crippen molar-refractivity contribution in [3.63, 3.8) is 0 Å². The van der Waals surface area contributed by atoms with E-state index in [1.54, 1.807) is 11.3 Å². The molecule has 102 valence electrons. The van der Waals surface area contributed by atoms with Crippen molar-refractivity contribution in [3.05, 3.63) is 16.1 Å². The van der Waals surface area contributed by atoms with Crippen molar-refractivity contribution in [3.8, 4) is 0 Å². The first kappa shape index (κ1) is 14.0. The summed E-state index contributed by atoms with van der Waals surface area (Å²) < 4.78 is 5.38. The molecule has 0 aromatic carbocycles. The predicted octanol–water partition coefficient (Wildman–Crippen LogP) is 3.09. The van der Waals surface area contributed by atoms with Crippen LogP contribution in [0.5, 0.6) is 0 Å². The van der Waals surface area contributed by atoms with E-state index in [2.05, 4.69) is 26.2 Å². The molecule has 0 bridgehead atoms. The maximum absolute atomic E-state index is 6.44. The van der Waals surface area contributed by atoms with Gasteiger partial charge in [0.25, 0.3) is 0 Å². The van der Waals surface area contributed by atoms with Gasteiger partial charge >= 0.3 is 0 Å². The monoisotopic (exact) mass is 268 g/mol. The Morgan fingerprint density at radius 3 is 2.67 bits per heavy atom. The van der Waals surface area contributed by atoms with E-state index < -0.39 is 0 Å². The summed E-state index contributed by atoms with van der Waals surface area (Å²) in [5.74, 6) is 0. The third-order valence-corrected chi connectivity index (χ3v) is 4.44. The number of hydrogen-bond acceptors (Lipinski definition) is 4. The Balaban J connectivity index is 2.01. The zero-order valence-electron chi connectivity index (χ0n) is 11.7. The molecule has 0 unspecified atom stereocenters. The quantitative estimate of drug-likeness (QED) is 0.916. The van der Waals surface area contributed by atoms with Crippen molar-refractivity contribution in [1.29, 1.82) is 0 Å². The summed E-state index contributed by atoms with van der Waals surface area (Å²) in [4.78, 5) is 4.75. The minimum absolute atomic E-state index is 0.255. The van der Waals surface area contributed by atoms with Gasteiger partial charge in [-0.15, -0.1) is 11.3 Å². The van der Waals surface area contributed by atoms with Gasteiger partial charge in [-0.1, -0.05) is 20.8 Å². The summed E-state index contributed by atoms with van der Waals surface area (Å²) >= 11 is 1.75. The molecule has 18 heavy (non-hydrogen) atoms. The Kier molecular flexibility index (Phi) is 4.09. The lowest BCUT2D eigenvalue weighted by atomic mass is 9.88. The van der Waals surface area contributed by atoms with Crippen LogP contribution in [0.1, 0.15) is 50.7 Å². The van der Waals surface area contributed by atoms with E-state index in [4.69, 9.17) is 15.5 Å². The largest absolute Gasteiger partial charge is 0.381 e. The van der Waals surface area contributed by atoms with E-state index >= 15 is 0 Å². The Morgan fingerprint density at radius 1 is 1.39 bits per heavy atom. The van der Waals surface area contributed by atoms with Crippen molar-refractivity contribution in [1.82, 2.24) is 4.98 Å². The van der Waals surface area contributed by atoms with Crippen molar-refractivity contribution in [2.75, 3.05) is 13.2 Å². The molecule has 1 aromatic heterocycles. The molecule has 2 rings (SSSR count). The standard InChI is InChI=1S/C14H24N2OS/c1-13(2,3)5-4-12-16-11(10-18-12)14(15)6-8-17-9-7-14/h10H,4-9,15H2,1-3H3. The Hall–Kier alpha value is -0.450. The van der Waals surface area contributed by atoms with Crippen LogP contribution >= 0.6 is 11.3 Å². The van der Waals surface area contributed by atoms with Gasteiger partial charge in [-0.3, -0.25) is 0 Å². The van der Waals surface area contributed by atoms with Crippen LogP contribution in [0.25, 0.3) is 0 Å². The molecule has 4 heteroatoms.